The number of rotatable bonds is 21. The molecule has 3 aromatic rings. The van der Waals surface area contributed by atoms with E-state index < -0.39 is 38.6 Å². The molecule has 1 aliphatic rings. The molecule has 0 spiro atoms. The smallest absolute Gasteiger partial charge is 0.322 e. The molecule has 0 bridgehead atoms. The number of hydrogen-bond donors (Lipinski definition) is 2. The number of ether oxygens (including phenoxy) is 4. The van der Waals surface area contributed by atoms with E-state index in [0.717, 1.165) is 11.1 Å². The molecule has 1 saturated heterocycles. The van der Waals surface area contributed by atoms with Crippen molar-refractivity contribution in [3.05, 3.63) is 89.5 Å². The number of hydrogen-bond acceptors (Lipinski definition) is 11. The van der Waals surface area contributed by atoms with Gasteiger partial charge in [-0.25, -0.2) is 8.42 Å². The van der Waals surface area contributed by atoms with Crippen molar-refractivity contribution in [3.8, 4) is 5.75 Å². The van der Waals surface area contributed by atoms with E-state index in [0.29, 0.717) is 71.3 Å². The predicted octanol–water partition coefficient (Wildman–Crippen LogP) is 3.21. The molecule has 0 aromatic heterocycles. The molecule has 278 valence electrons. The normalized spacial score (nSPS) is 14.3. The first-order valence-corrected chi connectivity index (χ1v) is 19.3. The second-order valence-electron chi connectivity index (χ2n) is 11.6. The zero-order chi connectivity index (χ0) is 36.7. The van der Waals surface area contributed by atoms with Crippen LogP contribution in [-0.4, -0.2) is 111 Å². The van der Waals surface area contributed by atoms with Gasteiger partial charge in [0.25, 0.3) is 16.0 Å². The van der Waals surface area contributed by atoms with Gasteiger partial charge in [-0.15, -0.1) is 0 Å². The second-order valence-corrected chi connectivity index (χ2v) is 15.2. The lowest BCUT2D eigenvalue weighted by Crippen LogP contribution is -2.37. The van der Waals surface area contributed by atoms with Crippen molar-refractivity contribution in [1.82, 2.24) is 9.62 Å². The summed E-state index contributed by atoms with van der Waals surface area (Å²) < 4.78 is 79.2. The maximum Gasteiger partial charge on any atom is 0.322 e. The van der Waals surface area contributed by atoms with Crippen molar-refractivity contribution in [2.75, 3.05) is 72.5 Å². The van der Waals surface area contributed by atoms with E-state index in [1.807, 2.05) is 31.2 Å². The van der Waals surface area contributed by atoms with Crippen molar-refractivity contribution < 1.29 is 54.7 Å². The molecule has 1 heterocycles. The number of aryl methyl sites for hydroxylation is 1. The van der Waals surface area contributed by atoms with Crippen LogP contribution >= 0.6 is 0 Å². The summed E-state index contributed by atoms with van der Waals surface area (Å²) in [5.74, 6) is -0.862. The predicted molar refractivity (Wildman–Crippen MR) is 186 cm³/mol. The summed E-state index contributed by atoms with van der Waals surface area (Å²) in [5.41, 5.74) is 2.24. The van der Waals surface area contributed by atoms with E-state index in [4.69, 9.17) is 28.2 Å². The molecule has 51 heavy (non-hydrogen) atoms. The lowest BCUT2D eigenvalue weighted by atomic mass is 9.90. The lowest BCUT2D eigenvalue weighted by Gasteiger charge is -2.31. The molecular formula is C35H44N2O12S2. The fraction of sp³-hybridized carbons (Fsp3) is 0.429. The van der Waals surface area contributed by atoms with E-state index in [9.17, 15) is 26.4 Å². The van der Waals surface area contributed by atoms with Gasteiger partial charge in [-0.3, -0.25) is 13.8 Å². The Morgan fingerprint density at radius 2 is 1.25 bits per heavy atom. The van der Waals surface area contributed by atoms with E-state index >= 15 is 0 Å². The fourth-order valence-electron chi connectivity index (χ4n) is 5.19. The average molecular weight is 749 g/mol. The Morgan fingerprint density at radius 1 is 0.725 bits per heavy atom. The van der Waals surface area contributed by atoms with Crippen LogP contribution in [0.2, 0.25) is 0 Å². The first-order valence-electron chi connectivity index (χ1n) is 16.5. The van der Waals surface area contributed by atoms with Crippen LogP contribution in [-0.2, 0) is 43.3 Å². The van der Waals surface area contributed by atoms with Crippen molar-refractivity contribution in [2.24, 2.45) is 0 Å². The number of nitrogens with zero attached hydrogens (tertiary/aromatic N) is 1. The molecule has 3 aromatic carbocycles. The summed E-state index contributed by atoms with van der Waals surface area (Å²) in [4.78, 5) is 22.9. The Hall–Kier alpha value is -3.90. The SMILES string of the molecule is Cc1ccc(S(=O)(=O)OCCOCCOCCOCCOc2ccc(C3CCN(S(=O)(=O)c4ccc(C(=O)NCC(=O)O)cc4)CC3)cc2)cc1. The molecule has 1 aliphatic heterocycles. The molecule has 16 heteroatoms. The first kappa shape index (κ1) is 39.9. The van der Waals surface area contributed by atoms with Gasteiger partial charge in [0.2, 0.25) is 10.0 Å². The third-order valence-electron chi connectivity index (χ3n) is 7.98. The third-order valence-corrected chi connectivity index (χ3v) is 11.2. The van der Waals surface area contributed by atoms with Gasteiger partial charge in [-0.2, -0.15) is 12.7 Å². The largest absolute Gasteiger partial charge is 0.491 e. The minimum Gasteiger partial charge on any atom is -0.491 e. The number of aliphatic carboxylic acids is 1. The Bertz CT molecular complexity index is 1760. The van der Waals surface area contributed by atoms with Gasteiger partial charge < -0.3 is 29.4 Å². The summed E-state index contributed by atoms with van der Waals surface area (Å²) in [6.45, 7) is 4.21. The molecule has 1 amide bonds. The highest BCUT2D eigenvalue weighted by Crippen LogP contribution is 2.31. The molecule has 0 unspecified atom stereocenters. The number of carboxylic acids is 1. The van der Waals surface area contributed by atoms with Crippen molar-refractivity contribution in [2.45, 2.75) is 35.5 Å². The number of benzene rings is 3. The molecule has 0 atom stereocenters. The van der Waals surface area contributed by atoms with Gasteiger partial charge in [0, 0.05) is 18.7 Å². The molecule has 0 aliphatic carbocycles. The third kappa shape index (κ3) is 12.7. The molecule has 0 saturated carbocycles. The molecule has 2 N–H and O–H groups in total. The summed E-state index contributed by atoms with van der Waals surface area (Å²) in [5, 5.41) is 11.0. The summed E-state index contributed by atoms with van der Waals surface area (Å²) in [6.07, 6.45) is 1.31. The van der Waals surface area contributed by atoms with Crippen molar-refractivity contribution in [3.63, 3.8) is 0 Å². The standard InChI is InChI=1S/C35H44N2O12S2/c1-27-2-10-33(11-3-27)51(43,44)49-25-23-47-21-19-45-18-20-46-22-24-48-31-8-4-28(5-9-31)29-14-16-37(17-15-29)50(41,42)32-12-6-30(7-13-32)35(40)36-26-34(38)39/h2-13,29H,14-26H2,1H3,(H,36,40)(H,38,39). The molecule has 1 fully saturated rings. The Balaban J connectivity index is 1.03. The molecule has 0 radical (unpaired) electrons. The van der Waals surface area contributed by atoms with Crippen LogP contribution in [0.5, 0.6) is 5.75 Å². The van der Waals surface area contributed by atoms with Crippen LogP contribution in [0.25, 0.3) is 0 Å². The van der Waals surface area contributed by atoms with Crippen LogP contribution in [0, 0.1) is 6.92 Å². The number of piperidine rings is 1. The van der Waals surface area contributed by atoms with E-state index in [1.54, 1.807) is 12.1 Å². The number of nitrogens with one attached hydrogen (secondary N) is 1. The Labute approximate surface area is 298 Å². The number of carbonyl (C=O) groups is 2. The molecule has 4 rings (SSSR count). The highest BCUT2D eigenvalue weighted by molar-refractivity contribution is 7.89. The monoisotopic (exact) mass is 748 g/mol. The van der Waals surface area contributed by atoms with Crippen molar-refractivity contribution in [1.29, 1.82) is 0 Å². The van der Waals surface area contributed by atoms with Crippen LogP contribution in [0.4, 0.5) is 0 Å². The Kier molecular flexibility index (Phi) is 15.4. The molecule has 14 nitrogen and oxygen atoms in total. The maximum atomic E-state index is 13.2. The minimum atomic E-state index is -3.81. The van der Waals surface area contributed by atoms with Crippen LogP contribution < -0.4 is 10.1 Å². The van der Waals surface area contributed by atoms with Crippen LogP contribution in [0.15, 0.2) is 82.6 Å². The van der Waals surface area contributed by atoms with Crippen LogP contribution in [0.1, 0.15) is 40.2 Å². The maximum absolute atomic E-state index is 13.2. The summed E-state index contributed by atoms with van der Waals surface area (Å²) in [7, 11) is -7.55. The van der Waals surface area contributed by atoms with Gasteiger partial charge >= 0.3 is 5.97 Å². The fourth-order valence-corrected chi connectivity index (χ4v) is 7.55. The van der Waals surface area contributed by atoms with Gasteiger partial charge in [-0.1, -0.05) is 29.8 Å². The lowest BCUT2D eigenvalue weighted by molar-refractivity contribution is -0.135. The second kappa shape index (κ2) is 19.6. The zero-order valence-electron chi connectivity index (χ0n) is 28.4. The van der Waals surface area contributed by atoms with Gasteiger partial charge in [0.05, 0.1) is 56.0 Å². The quantitative estimate of drug-likeness (QED) is 0.120. The van der Waals surface area contributed by atoms with E-state index in [2.05, 4.69) is 5.32 Å². The number of sulfonamides is 1. The highest BCUT2D eigenvalue weighted by Gasteiger charge is 2.30. The number of carboxylic acid groups (broad SMARTS) is 1. The van der Waals surface area contributed by atoms with Gasteiger partial charge in [-0.05, 0) is 79.8 Å². The van der Waals surface area contributed by atoms with Crippen molar-refractivity contribution >= 4 is 32.0 Å². The minimum absolute atomic E-state index is 0.0770. The van der Waals surface area contributed by atoms with Crippen LogP contribution in [0.3, 0.4) is 0 Å². The average Bonchev–Trinajstić information content (AvgIpc) is 3.13. The zero-order valence-corrected chi connectivity index (χ0v) is 30.0. The van der Waals surface area contributed by atoms with E-state index in [1.165, 1.54) is 40.7 Å². The number of amides is 1. The van der Waals surface area contributed by atoms with Gasteiger partial charge in [0.1, 0.15) is 18.9 Å². The topological polar surface area (TPSA) is 184 Å². The summed E-state index contributed by atoms with van der Waals surface area (Å²) >= 11 is 0. The Morgan fingerprint density at radius 3 is 1.82 bits per heavy atom. The van der Waals surface area contributed by atoms with Gasteiger partial charge in [0.15, 0.2) is 0 Å². The first-order chi connectivity index (χ1) is 24.5. The highest BCUT2D eigenvalue weighted by atomic mass is 32.2. The van der Waals surface area contributed by atoms with E-state index in [-0.39, 0.29) is 34.5 Å². The number of carbonyl (C=O) groups excluding carboxylic acids is 1. The summed E-state index contributed by atoms with van der Waals surface area (Å²) in [6, 6.07) is 19.6. The molecular weight excluding hydrogens is 705 g/mol.